The Balaban J connectivity index is 1.50. The number of nitrogens with zero attached hydrogens (tertiary/aromatic N) is 2. The van der Waals surface area contributed by atoms with E-state index in [1.165, 1.54) is 0 Å². The number of hydrogen-bond donors (Lipinski definition) is 1. The van der Waals surface area contributed by atoms with Crippen LogP contribution in [0, 0.1) is 5.41 Å². The summed E-state index contributed by atoms with van der Waals surface area (Å²) in [4.78, 5) is 41.9. The van der Waals surface area contributed by atoms with E-state index >= 15 is 0 Å². The second kappa shape index (κ2) is 9.36. The lowest BCUT2D eigenvalue weighted by Gasteiger charge is -2.53. The van der Waals surface area contributed by atoms with Gasteiger partial charge in [-0.15, -0.1) is 0 Å². The maximum absolute atomic E-state index is 13.5. The molecule has 5 rings (SSSR count). The van der Waals surface area contributed by atoms with Crippen molar-refractivity contribution >= 4 is 23.7 Å². The summed E-state index contributed by atoms with van der Waals surface area (Å²) in [5, 5.41) is 9.17. The molecule has 7 heteroatoms. The number of carbonyl (C=O) groups excluding carboxylic acids is 2. The smallest absolute Gasteiger partial charge is 0.414 e. The van der Waals surface area contributed by atoms with Crippen LogP contribution in [0.1, 0.15) is 69.0 Å². The molecule has 2 amide bonds. The standard InChI is InChI=1S/C28H32N2O5/c1-28-17-7-12-23(28)30(27(34)35-18-19-8-3-2-4-9-19)22-11-6-5-10-21(22)26(28)29(20-13-14-20)24(31)15-16-25(32)33/h2-6,8-11,20,23,26H,7,12-18H2,1H3,(H,32,33). The number of rotatable bonds is 7. The largest absolute Gasteiger partial charge is 0.481 e. The summed E-state index contributed by atoms with van der Waals surface area (Å²) >= 11 is 0. The molecular weight excluding hydrogens is 444 g/mol. The Kier molecular flexibility index (Phi) is 6.26. The van der Waals surface area contributed by atoms with Crippen LogP contribution in [0.2, 0.25) is 0 Å². The molecule has 2 aromatic carbocycles. The van der Waals surface area contributed by atoms with Crippen molar-refractivity contribution in [2.24, 2.45) is 5.41 Å². The van der Waals surface area contributed by atoms with Gasteiger partial charge in [-0.2, -0.15) is 0 Å². The van der Waals surface area contributed by atoms with Gasteiger partial charge in [-0.05, 0) is 42.9 Å². The van der Waals surface area contributed by atoms with Gasteiger partial charge >= 0.3 is 12.1 Å². The third-order valence-corrected chi connectivity index (χ3v) is 7.84. The van der Waals surface area contributed by atoms with E-state index in [2.05, 4.69) is 6.92 Å². The van der Waals surface area contributed by atoms with Crippen molar-refractivity contribution in [1.82, 2.24) is 4.90 Å². The number of hydrogen-bond acceptors (Lipinski definition) is 4. The molecule has 2 aromatic rings. The van der Waals surface area contributed by atoms with Crippen molar-refractivity contribution in [3.63, 3.8) is 0 Å². The summed E-state index contributed by atoms with van der Waals surface area (Å²) in [7, 11) is 0. The summed E-state index contributed by atoms with van der Waals surface area (Å²) in [6.07, 6.45) is 3.99. The van der Waals surface area contributed by atoms with Gasteiger partial charge in [0, 0.05) is 23.9 Å². The third-order valence-electron chi connectivity index (χ3n) is 7.84. The number of para-hydroxylation sites is 1. The van der Waals surface area contributed by atoms with Gasteiger partial charge in [-0.25, -0.2) is 4.79 Å². The zero-order valence-corrected chi connectivity index (χ0v) is 20.1. The number of anilines is 1. The van der Waals surface area contributed by atoms with Crippen molar-refractivity contribution in [3.05, 3.63) is 65.7 Å². The van der Waals surface area contributed by atoms with E-state index in [1.54, 1.807) is 0 Å². The van der Waals surface area contributed by atoms with Gasteiger partial charge in [-0.1, -0.05) is 61.9 Å². The highest BCUT2D eigenvalue weighted by Crippen LogP contribution is 2.59. The molecule has 0 radical (unpaired) electrons. The van der Waals surface area contributed by atoms with Crippen LogP contribution in [0.4, 0.5) is 10.5 Å². The highest BCUT2D eigenvalue weighted by molar-refractivity contribution is 5.91. The van der Waals surface area contributed by atoms with Gasteiger partial charge in [0.2, 0.25) is 5.91 Å². The normalized spacial score (nSPS) is 24.9. The minimum atomic E-state index is -0.963. The maximum Gasteiger partial charge on any atom is 0.414 e. The van der Waals surface area contributed by atoms with Crippen LogP contribution < -0.4 is 4.90 Å². The fourth-order valence-corrected chi connectivity index (χ4v) is 6.11. The lowest BCUT2D eigenvalue weighted by atomic mass is 9.69. The first-order chi connectivity index (χ1) is 16.9. The number of carboxylic acids is 1. The molecule has 0 aromatic heterocycles. The zero-order chi connectivity index (χ0) is 24.6. The molecule has 2 saturated carbocycles. The quantitative estimate of drug-likeness (QED) is 0.586. The lowest BCUT2D eigenvalue weighted by molar-refractivity contribution is -0.144. The minimum Gasteiger partial charge on any atom is -0.481 e. The SMILES string of the molecule is CC12CCCC1N(C(=O)OCc1ccccc1)c1ccccc1C2N(C(=O)CCC(=O)O)C1CC1. The second-order valence-corrected chi connectivity index (χ2v) is 10.2. The summed E-state index contributed by atoms with van der Waals surface area (Å²) in [6.45, 7) is 2.38. The van der Waals surface area contributed by atoms with Crippen molar-refractivity contribution in [1.29, 1.82) is 0 Å². The highest BCUT2D eigenvalue weighted by atomic mass is 16.6. The van der Waals surface area contributed by atoms with E-state index < -0.39 is 5.97 Å². The topological polar surface area (TPSA) is 87.2 Å². The molecule has 1 heterocycles. The number of ether oxygens (including phenoxy) is 1. The summed E-state index contributed by atoms with van der Waals surface area (Å²) in [5.74, 6) is -1.07. The van der Waals surface area contributed by atoms with E-state index in [9.17, 15) is 14.4 Å². The van der Waals surface area contributed by atoms with Crippen LogP contribution in [0.25, 0.3) is 0 Å². The minimum absolute atomic E-state index is 0.00587. The van der Waals surface area contributed by atoms with Crippen LogP contribution in [-0.4, -0.2) is 40.1 Å². The van der Waals surface area contributed by atoms with Gasteiger partial charge in [-0.3, -0.25) is 14.5 Å². The van der Waals surface area contributed by atoms with Gasteiger partial charge in [0.05, 0.1) is 18.2 Å². The van der Waals surface area contributed by atoms with Crippen LogP contribution in [0.15, 0.2) is 54.6 Å². The first-order valence-electron chi connectivity index (χ1n) is 12.5. The molecule has 3 atom stereocenters. The molecule has 3 unspecified atom stereocenters. The Morgan fingerprint density at radius 3 is 2.46 bits per heavy atom. The highest BCUT2D eigenvalue weighted by Gasteiger charge is 2.58. The van der Waals surface area contributed by atoms with Gasteiger partial charge in [0.15, 0.2) is 0 Å². The molecule has 1 aliphatic heterocycles. The van der Waals surface area contributed by atoms with Crippen LogP contribution >= 0.6 is 0 Å². The molecule has 184 valence electrons. The third kappa shape index (κ3) is 4.40. The Morgan fingerprint density at radius 2 is 1.74 bits per heavy atom. The maximum atomic E-state index is 13.5. The lowest BCUT2D eigenvalue weighted by Crippen LogP contribution is -2.58. The molecule has 35 heavy (non-hydrogen) atoms. The van der Waals surface area contributed by atoms with E-state index in [4.69, 9.17) is 9.84 Å². The Hall–Kier alpha value is -3.35. The molecule has 3 aliphatic rings. The Bertz CT molecular complexity index is 1120. The van der Waals surface area contributed by atoms with Crippen molar-refractivity contribution in [2.75, 3.05) is 4.90 Å². The second-order valence-electron chi connectivity index (χ2n) is 10.2. The monoisotopic (exact) mass is 476 g/mol. The molecule has 1 N–H and O–H groups in total. The van der Waals surface area contributed by atoms with Crippen molar-refractivity contribution < 1.29 is 24.2 Å². The van der Waals surface area contributed by atoms with Crippen LogP contribution in [0.5, 0.6) is 0 Å². The number of amides is 2. The molecule has 0 saturated heterocycles. The molecule has 2 aliphatic carbocycles. The Morgan fingerprint density at radius 1 is 1.03 bits per heavy atom. The van der Waals surface area contributed by atoms with Gasteiger partial charge in [0.1, 0.15) is 6.61 Å². The van der Waals surface area contributed by atoms with Gasteiger partial charge < -0.3 is 14.7 Å². The molecule has 0 bridgehead atoms. The number of carbonyl (C=O) groups is 3. The molecular formula is C28H32N2O5. The predicted molar refractivity (Wildman–Crippen MR) is 131 cm³/mol. The Labute approximate surface area is 205 Å². The summed E-state index contributed by atoms with van der Waals surface area (Å²) in [6, 6.07) is 17.3. The average Bonchev–Trinajstić information content (AvgIpc) is 3.62. The van der Waals surface area contributed by atoms with E-state index in [0.29, 0.717) is 0 Å². The number of aliphatic carboxylic acids is 1. The summed E-state index contributed by atoms with van der Waals surface area (Å²) in [5.41, 5.74) is 2.32. The van der Waals surface area contributed by atoms with E-state index in [1.807, 2.05) is 64.4 Å². The molecule has 0 spiro atoms. The fourth-order valence-electron chi connectivity index (χ4n) is 6.11. The van der Waals surface area contributed by atoms with Crippen LogP contribution in [-0.2, 0) is 20.9 Å². The predicted octanol–water partition coefficient (Wildman–Crippen LogP) is 5.30. The zero-order valence-electron chi connectivity index (χ0n) is 20.1. The first-order valence-corrected chi connectivity index (χ1v) is 12.5. The summed E-state index contributed by atoms with van der Waals surface area (Å²) < 4.78 is 5.79. The molecule has 2 fully saturated rings. The average molecular weight is 477 g/mol. The van der Waals surface area contributed by atoms with Crippen molar-refractivity contribution in [2.45, 2.75) is 76.6 Å². The number of fused-ring (bicyclic) bond motifs is 2. The number of carboxylic acid groups (broad SMARTS) is 1. The molecule has 7 nitrogen and oxygen atoms in total. The first kappa shape index (κ1) is 23.4. The van der Waals surface area contributed by atoms with E-state index in [0.717, 1.165) is 48.9 Å². The fraction of sp³-hybridized carbons (Fsp3) is 0.464. The number of benzene rings is 2. The van der Waals surface area contributed by atoms with E-state index in [-0.39, 0.29) is 55.0 Å². The van der Waals surface area contributed by atoms with Crippen LogP contribution in [0.3, 0.4) is 0 Å². The van der Waals surface area contributed by atoms with Crippen molar-refractivity contribution in [3.8, 4) is 0 Å². The van der Waals surface area contributed by atoms with Gasteiger partial charge in [0.25, 0.3) is 0 Å².